The van der Waals surface area contributed by atoms with Gasteiger partial charge in [-0.05, 0) is 84.6 Å². The Labute approximate surface area is 183 Å². The highest BCUT2D eigenvalue weighted by atomic mass is 16.3. The molecule has 31 heavy (non-hydrogen) atoms. The van der Waals surface area contributed by atoms with Crippen molar-refractivity contribution in [3.63, 3.8) is 0 Å². The van der Waals surface area contributed by atoms with Crippen molar-refractivity contribution in [3.05, 3.63) is 59.5 Å². The molecule has 1 saturated heterocycles. The first-order valence-electron chi connectivity index (χ1n) is 12.0. The van der Waals surface area contributed by atoms with Crippen LogP contribution in [0.1, 0.15) is 79.8 Å². The van der Waals surface area contributed by atoms with Gasteiger partial charge in [-0.1, -0.05) is 36.8 Å². The number of phenols is 1. The van der Waals surface area contributed by atoms with E-state index in [0.717, 1.165) is 17.4 Å². The van der Waals surface area contributed by atoms with Crippen molar-refractivity contribution in [3.8, 4) is 28.1 Å². The first-order valence-corrected chi connectivity index (χ1v) is 12.0. The lowest BCUT2D eigenvalue weighted by atomic mass is 9.85. The summed E-state index contributed by atoms with van der Waals surface area (Å²) in [6.45, 7) is 0. The van der Waals surface area contributed by atoms with Gasteiger partial charge < -0.3 is 15.4 Å². The fourth-order valence-corrected chi connectivity index (χ4v) is 7.10. The lowest BCUT2D eigenvalue weighted by Crippen LogP contribution is -2.24. The maximum Gasteiger partial charge on any atom is 0.123 e. The predicted octanol–water partition coefficient (Wildman–Crippen LogP) is 6.02. The van der Waals surface area contributed by atoms with Crippen molar-refractivity contribution >= 4 is 0 Å². The van der Waals surface area contributed by atoms with E-state index in [4.69, 9.17) is 4.98 Å². The second-order valence-electron chi connectivity index (χ2n) is 10.2. The van der Waals surface area contributed by atoms with Crippen molar-refractivity contribution in [1.29, 1.82) is 0 Å². The van der Waals surface area contributed by atoms with Crippen molar-refractivity contribution in [1.82, 2.24) is 15.3 Å². The highest BCUT2D eigenvalue weighted by Crippen LogP contribution is 2.58. The Morgan fingerprint density at radius 1 is 0.839 bits per heavy atom. The van der Waals surface area contributed by atoms with Crippen LogP contribution < -0.4 is 5.32 Å². The Kier molecular flexibility index (Phi) is 3.90. The van der Waals surface area contributed by atoms with Gasteiger partial charge in [0.15, 0.2) is 0 Å². The summed E-state index contributed by atoms with van der Waals surface area (Å²) in [6, 6.07) is 13.9. The molecule has 3 N–H and O–H groups in total. The van der Waals surface area contributed by atoms with Crippen molar-refractivity contribution in [2.45, 2.75) is 68.9 Å². The average molecular weight is 412 g/mol. The molecule has 4 aliphatic rings. The standard InChI is InChI=1S/C27H29N3O/c31-24-11-10-20(25-18-8-9-19(12-18)26(24)25)15-4-6-16(7-5-15)23-14-28-27(30-23)22-13-17-2-1-3-21(17)29-22/h4-7,10-11,14,17-19,21-22,29,31H,1-3,8-9,12-13H2,(H,28,30)/t17-,18?,19?,21-,22-/m0/s1. The van der Waals surface area contributed by atoms with Crippen LogP contribution >= 0.6 is 0 Å². The Bertz CT molecular complexity index is 1140. The van der Waals surface area contributed by atoms with E-state index >= 15 is 0 Å². The van der Waals surface area contributed by atoms with Gasteiger partial charge in [0.2, 0.25) is 0 Å². The molecular formula is C27H29N3O. The molecule has 7 rings (SSSR count). The van der Waals surface area contributed by atoms with Gasteiger partial charge in [-0.3, -0.25) is 0 Å². The number of hydrogen-bond acceptors (Lipinski definition) is 3. The van der Waals surface area contributed by atoms with E-state index in [1.807, 2.05) is 12.3 Å². The molecule has 158 valence electrons. The topological polar surface area (TPSA) is 60.9 Å². The van der Waals surface area contributed by atoms with Crippen LogP contribution in [0.25, 0.3) is 22.4 Å². The number of fused-ring (bicyclic) bond motifs is 6. The number of hydrogen-bond donors (Lipinski definition) is 3. The molecule has 4 nitrogen and oxygen atoms in total. The maximum atomic E-state index is 10.4. The summed E-state index contributed by atoms with van der Waals surface area (Å²) in [5.41, 5.74) is 7.46. The number of aromatic nitrogens is 2. The molecule has 3 aliphatic carbocycles. The molecule has 2 saturated carbocycles. The number of nitrogens with one attached hydrogen (secondary N) is 2. The molecule has 2 heterocycles. The molecule has 4 heteroatoms. The van der Waals surface area contributed by atoms with Crippen LogP contribution in [0.4, 0.5) is 0 Å². The van der Waals surface area contributed by atoms with E-state index in [9.17, 15) is 5.11 Å². The number of rotatable bonds is 3. The molecule has 2 aromatic carbocycles. The summed E-state index contributed by atoms with van der Waals surface area (Å²) in [5, 5.41) is 14.2. The lowest BCUT2D eigenvalue weighted by Gasteiger charge is -2.20. The van der Waals surface area contributed by atoms with Crippen LogP contribution in [-0.4, -0.2) is 21.1 Å². The number of phenolic OH excluding ortho intramolecular Hbond substituents is 1. The van der Waals surface area contributed by atoms with E-state index in [1.54, 1.807) is 0 Å². The van der Waals surface area contributed by atoms with Gasteiger partial charge in [0, 0.05) is 11.6 Å². The monoisotopic (exact) mass is 411 g/mol. The highest BCUT2D eigenvalue weighted by molar-refractivity contribution is 5.75. The maximum absolute atomic E-state index is 10.4. The molecule has 0 radical (unpaired) electrons. The number of H-pyrrole nitrogens is 1. The average Bonchev–Trinajstić information content (AvgIpc) is 3.60. The molecule has 0 spiro atoms. The largest absolute Gasteiger partial charge is 0.508 e. The fraction of sp³-hybridized carbons (Fsp3) is 0.444. The quantitative estimate of drug-likeness (QED) is 0.494. The predicted molar refractivity (Wildman–Crippen MR) is 122 cm³/mol. The molecular weight excluding hydrogens is 382 g/mol. The van der Waals surface area contributed by atoms with Gasteiger partial charge in [0.05, 0.1) is 17.9 Å². The van der Waals surface area contributed by atoms with Gasteiger partial charge in [-0.25, -0.2) is 4.98 Å². The number of aromatic amines is 1. The fourth-order valence-electron chi connectivity index (χ4n) is 7.10. The van der Waals surface area contributed by atoms with Gasteiger partial charge in [-0.2, -0.15) is 0 Å². The number of imidazole rings is 1. The third-order valence-corrected chi connectivity index (χ3v) is 8.56. The minimum absolute atomic E-state index is 0.373. The summed E-state index contributed by atoms with van der Waals surface area (Å²) < 4.78 is 0. The summed E-state index contributed by atoms with van der Waals surface area (Å²) in [6.07, 6.45) is 11.0. The van der Waals surface area contributed by atoms with Gasteiger partial charge in [0.1, 0.15) is 11.6 Å². The SMILES string of the molecule is Oc1ccc(-c2ccc(-c3cnc([C@@H]4C[C@@H]5CCC[C@@H]5N4)[nH]3)cc2)c2c1C1CCC2C1. The second kappa shape index (κ2) is 6.70. The van der Waals surface area contributed by atoms with Crippen molar-refractivity contribution in [2.24, 2.45) is 5.92 Å². The van der Waals surface area contributed by atoms with Crippen molar-refractivity contribution in [2.75, 3.05) is 0 Å². The van der Waals surface area contributed by atoms with Crippen LogP contribution in [0.15, 0.2) is 42.6 Å². The summed E-state index contributed by atoms with van der Waals surface area (Å²) >= 11 is 0. The van der Waals surface area contributed by atoms with Crippen LogP contribution in [0.3, 0.4) is 0 Å². The number of aromatic hydroxyl groups is 1. The second-order valence-corrected chi connectivity index (χ2v) is 10.2. The summed E-state index contributed by atoms with van der Waals surface area (Å²) in [7, 11) is 0. The van der Waals surface area contributed by atoms with E-state index < -0.39 is 0 Å². The highest BCUT2D eigenvalue weighted by Gasteiger charge is 2.40. The Morgan fingerprint density at radius 2 is 1.65 bits per heavy atom. The zero-order chi connectivity index (χ0) is 20.5. The van der Waals surface area contributed by atoms with E-state index in [0.29, 0.717) is 29.7 Å². The van der Waals surface area contributed by atoms with Crippen LogP contribution in [0.2, 0.25) is 0 Å². The zero-order valence-electron chi connectivity index (χ0n) is 17.8. The molecule has 3 fully saturated rings. The van der Waals surface area contributed by atoms with Crippen LogP contribution in [0.5, 0.6) is 5.75 Å². The third-order valence-electron chi connectivity index (χ3n) is 8.56. The summed E-state index contributed by atoms with van der Waals surface area (Å²) in [4.78, 5) is 8.30. The molecule has 1 aromatic heterocycles. The van der Waals surface area contributed by atoms with E-state index in [1.165, 1.54) is 72.8 Å². The molecule has 5 atom stereocenters. The Morgan fingerprint density at radius 3 is 2.48 bits per heavy atom. The minimum atomic E-state index is 0.373. The third kappa shape index (κ3) is 2.74. The van der Waals surface area contributed by atoms with E-state index in [-0.39, 0.29) is 0 Å². The molecule has 3 aromatic rings. The first kappa shape index (κ1) is 18.0. The number of benzene rings is 2. The van der Waals surface area contributed by atoms with Gasteiger partial charge in [0.25, 0.3) is 0 Å². The Hall–Kier alpha value is -2.59. The first-order chi connectivity index (χ1) is 15.2. The minimum Gasteiger partial charge on any atom is -0.508 e. The zero-order valence-corrected chi connectivity index (χ0v) is 17.8. The van der Waals surface area contributed by atoms with E-state index in [2.05, 4.69) is 40.6 Å². The smallest absolute Gasteiger partial charge is 0.123 e. The molecule has 2 unspecified atom stereocenters. The molecule has 1 aliphatic heterocycles. The molecule has 0 amide bonds. The van der Waals surface area contributed by atoms with Crippen molar-refractivity contribution < 1.29 is 5.11 Å². The Balaban J connectivity index is 1.16. The van der Waals surface area contributed by atoms with Gasteiger partial charge in [-0.15, -0.1) is 0 Å². The lowest BCUT2D eigenvalue weighted by molar-refractivity contribution is 0.462. The summed E-state index contributed by atoms with van der Waals surface area (Å²) in [5.74, 6) is 3.60. The van der Waals surface area contributed by atoms with Gasteiger partial charge >= 0.3 is 0 Å². The van der Waals surface area contributed by atoms with Crippen LogP contribution in [0, 0.1) is 5.92 Å². The molecule has 2 bridgehead atoms. The van der Waals surface area contributed by atoms with Crippen LogP contribution in [-0.2, 0) is 0 Å². The number of nitrogens with zero attached hydrogens (tertiary/aromatic N) is 1. The normalized spacial score (nSPS) is 30.6.